The molecule has 0 amide bonds. The summed E-state index contributed by atoms with van der Waals surface area (Å²) in [5.41, 5.74) is 1.08. The fourth-order valence-corrected chi connectivity index (χ4v) is 1.56. The summed E-state index contributed by atoms with van der Waals surface area (Å²) in [6.45, 7) is 1.98. The third kappa shape index (κ3) is 3.10. The van der Waals surface area contributed by atoms with Crippen LogP contribution in [0.5, 0.6) is 0 Å². The fraction of sp³-hybridized carbons (Fsp3) is 0.400. The Labute approximate surface area is 91.6 Å². The van der Waals surface area contributed by atoms with Gasteiger partial charge in [0.1, 0.15) is 4.60 Å². The van der Waals surface area contributed by atoms with Crippen molar-refractivity contribution in [2.24, 2.45) is 0 Å². The van der Waals surface area contributed by atoms with Gasteiger partial charge in [0.25, 0.3) is 0 Å². The van der Waals surface area contributed by atoms with Crippen LogP contribution in [0.15, 0.2) is 22.9 Å². The summed E-state index contributed by atoms with van der Waals surface area (Å²) in [6.07, 6.45) is 2.11. The second kappa shape index (κ2) is 5.10. The number of ether oxygens (including phenoxy) is 1. The second-order valence-electron chi connectivity index (χ2n) is 3.09. The highest BCUT2D eigenvalue weighted by molar-refractivity contribution is 9.10. The van der Waals surface area contributed by atoms with E-state index in [1.54, 1.807) is 6.20 Å². The van der Waals surface area contributed by atoms with Crippen molar-refractivity contribution >= 4 is 21.9 Å². The molecule has 76 valence electrons. The zero-order chi connectivity index (χ0) is 10.6. The molecule has 1 rings (SSSR count). The van der Waals surface area contributed by atoms with E-state index < -0.39 is 0 Å². The number of carbonyl (C=O) groups excluding carboxylic acids is 1. The fourth-order valence-electron chi connectivity index (χ4n) is 1.18. The minimum Gasteiger partial charge on any atom is -0.469 e. The van der Waals surface area contributed by atoms with Gasteiger partial charge < -0.3 is 4.74 Å². The minimum atomic E-state index is -0.189. The molecule has 1 heterocycles. The van der Waals surface area contributed by atoms with Crippen LogP contribution in [0.4, 0.5) is 0 Å². The molecule has 14 heavy (non-hydrogen) atoms. The molecule has 1 aromatic heterocycles. The third-order valence-corrected chi connectivity index (χ3v) is 2.45. The van der Waals surface area contributed by atoms with Gasteiger partial charge in [-0.25, -0.2) is 4.98 Å². The van der Waals surface area contributed by atoms with E-state index in [2.05, 4.69) is 25.7 Å². The van der Waals surface area contributed by atoms with E-state index in [0.717, 1.165) is 10.2 Å². The number of rotatable bonds is 3. The first-order chi connectivity index (χ1) is 6.63. The zero-order valence-corrected chi connectivity index (χ0v) is 9.74. The number of hydrogen-bond acceptors (Lipinski definition) is 3. The van der Waals surface area contributed by atoms with Crippen LogP contribution in [0.1, 0.15) is 24.8 Å². The van der Waals surface area contributed by atoms with Crippen LogP contribution in [0, 0.1) is 0 Å². The van der Waals surface area contributed by atoms with Crippen LogP contribution in [0.25, 0.3) is 0 Å². The average Bonchev–Trinajstić information content (AvgIpc) is 2.17. The Balaban J connectivity index is 2.69. The van der Waals surface area contributed by atoms with E-state index in [-0.39, 0.29) is 11.9 Å². The highest BCUT2D eigenvalue weighted by Gasteiger charge is 2.11. The van der Waals surface area contributed by atoms with Gasteiger partial charge in [-0.1, -0.05) is 6.92 Å². The van der Waals surface area contributed by atoms with E-state index in [9.17, 15) is 4.79 Å². The molecule has 3 nitrogen and oxygen atoms in total. The minimum absolute atomic E-state index is 0.154. The predicted molar refractivity (Wildman–Crippen MR) is 57.0 cm³/mol. The predicted octanol–water partition coefficient (Wildman–Crippen LogP) is 2.51. The normalized spacial score (nSPS) is 12.2. The molecule has 0 N–H and O–H groups in total. The summed E-state index contributed by atoms with van der Waals surface area (Å²) in [5.74, 6) is -0.0350. The maximum Gasteiger partial charge on any atom is 0.306 e. The summed E-state index contributed by atoms with van der Waals surface area (Å²) in [5, 5.41) is 0. The molecular weight excluding hydrogens is 246 g/mol. The van der Waals surface area contributed by atoms with Gasteiger partial charge >= 0.3 is 5.97 Å². The summed E-state index contributed by atoms with van der Waals surface area (Å²) in [4.78, 5) is 15.1. The SMILES string of the molecule is COC(=O)CC(C)c1ccnc(Br)c1. The van der Waals surface area contributed by atoms with E-state index >= 15 is 0 Å². The first-order valence-corrected chi connectivity index (χ1v) is 5.11. The van der Waals surface area contributed by atoms with Crippen molar-refractivity contribution in [3.05, 3.63) is 28.5 Å². The lowest BCUT2D eigenvalue weighted by molar-refractivity contribution is -0.140. The maximum atomic E-state index is 11.0. The summed E-state index contributed by atoms with van der Waals surface area (Å²) in [7, 11) is 1.40. The molecule has 0 fully saturated rings. The Kier molecular flexibility index (Phi) is 4.07. The monoisotopic (exact) mass is 257 g/mol. The van der Waals surface area contributed by atoms with Crippen molar-refractivity contribution in [2.45, 2.75) is 19.3 Å². The molecule has 0 aliphatic carbocycles. The number of nitrogens with zero attached hydrogens (tertiary/aromatic N) is 1. The molecule has 0 aliphatic rings. The number of aromatic nitrogens is 1. The average molecular weight is 258 g/mol. The number of esters is 1. The van der Waals surface area contributed by atoms with Crippen LogP contribution >= 0.6 is 15.9 Å². The van der Waals surface area contributed by atoms with Crippen molar-refractivity contribution in [3.63, 3.8) is 0 Å². The van der Waals surface area contributed by atoms with Gasteiger partial charge in [-0.05, 0) is 39.5 Å². The van der Waals surface area contributed by atoms with Gasteiger partial charge in [0.15, 0.2) is 0 Å². The lowest BCUT2D eigenvalue weighted by Gasteiger charge is -2.09. The molecule has 1 atom stereocenters. The van der Waals surface area contributed by atoms with Crippen LogP contribution in [0.2, 0.25) is 0 Å². The summed E-state index contributed by atoms with van der Waals surface area (Å²) in [6, 6.07) is 3.81. The van der Waals surface area contributed by atoms with E-state index in [1.807, 2.05) is 19.1 Å². The van der Waals surface area contributed by atoms with Crippen LogP contribution in [0.3, 0.4) is 0 Å². The van der Waals surface area contributed by atoms with Gasteiger partial charge in [0, 0.05) is 6.20 Å². The van der Waals surface area contributed by atoms with Crippen molar-refractivity contribution in [1.82, 2.24) is 4.98 Å². The maximum absolute atomic E-state index is 11.0. The summed E-state index contributed by atoms with van der Waals surface area (Å²) < 4.78 is 5.39. The Bertz CT molecular complexity index is 328. The van der Waals surface area contributed by atoms with Crippen molar-refractivity contribution in [1.29, 1.82) is 0 Å². The van der Waals surface area contributed by atoms with E-state index in [1.165, 1.54) is 7.11 Å². The number of pyridine rings is 1. The van der Waals surface area contributed by atoms with Crippen molar-refractivity contribution in [3.8, 4) is 0 Å². The molecule has 0 saturated heterocycles. The van der Waals surface area contributed by atoms with Crippen LogP contribution in [-0.2, 0) is 9.53 Å². The lowest BCUT2D eigenvalue weighted by Crippen LogP contribution is -2.06. The van der Waals surface area contributed by atoms with Gasteiger partial charge in [-0.3, -0.25) is 4.79 Å². The number of methoxy groups -OCH3 is 1. The molecule has 4 heteroatoms. The molecule has 0 aliphatic heterocycles. The largest absolute Gasteiger partial charge is 0.469 e. The first kappa shape index (κ1) is 11.2. The van der Waals surface area contributed by atoms with Gasteiger partial charge in [-0.2, -0.15) is 0 Å². The molecular formula is C10H12BrNO2. The highest BCUT2D eigenvalue weighted by atomic mass is 79.9. The molecule has 0 radical (unpaired) electrons. The lowest BCUT2D eigenvalue weighted by atomic mass is 9.99. The Morgan fingerprint density at radius 1 is 1.71 bits per heavy atom. The standard InChI is InChI=1S/C10H12BrNO2/c1-7(5-10(13)14-2)8-3-4-12-9(11)6-8/h3-4,6-7H,5H2,1-2H3. The third-order valence-electron chi connectivity index (χ3n) is 2.02. The quantitative estimate of drug-likeness (QED) is 0.617. The van der Waals surface area contributed by atoms with Gasteiger partial charge in [0.05, 0.1) is 13.5 Å². The Hall–Kier alpha value is -0.900. The molecule has 1 aromatic rings. The van der Waals surface area contributed by atoms with Gasteiger partial charge in [0.2, 0.25) is 0 Å². The number of halogens is 1. The van der Waals surface area contributed by atoms with Crippen LogP contribution in [-0.4, -0.2) is 18.1 Å². The Morgan fingerprint density at radius 2 is 2.43 bits per heavy atom. The number of hydrogen-bond donors (Lipinski definition) is 0. The first-order valence-electron chi connectivity index (χ1n) is 4.31. The number of carbonyl (C=O) groups is 1. The van der Waals surface area contributed by atoms with Gasteiger partial charge in [-0.15, -0.1) is 0 Å². The zero-order valence-electron chi connectivity index (χ0n) is 8.16. The molecule has 0 aromatic carbocycles. The second-order valence-corrected chi connectivity index (χ2v) is 3.91. The highest BCUT2D eigenvalue weighted by Crippen LogP contribution is 2.21. The van der Waals surface area contributed by atoms with E-state index in [4.69, 9.17) is 0 Å². The molecule has 0 saturated carbocycles. The Morgan fingerprint density at radius 3 is 3.00 bits per heavy atom. The molecule has 1 unspecified atom stereocenters. The van der Waals surface area contributed by atoms with Crippen LogP contribution < -0.4 is 0 Å². The topological polar surface area (TPSA) is 39.2 Å². The smallest absolute Gasteiger partial charge is 0.306 e. The summed E-state index contributed by atoms with van der Waals surface area (Å²) >= 11 is 3.29. The van der Waals surface area contributed by atoms with Crippen molar-refractivity contribution < 1.29 is 9.53 Å². The molecule has 0 spiro atoms. The van der Waals surface area contributed by atoms with Crippen molar-refractivity contribution in [2.75, 3.05) is 7.11 Å². The van der Waals surface area contributed by atoms with E-state index in [0.29, 0.717) is 6.42 Å². The molecule has 0 bridgehead atoms.